The molecule has 1 unspecified atom stereocenters. The zero-order valence-corrected chi connectivity index (χ0v) is 13.4. The molecular formula is C16H25N3O3. The predicted molar refractivity (Wildman–Crippen MR) is 83.4 cm³/mol. The van der Waals surface area contributed by atoms with Gasteiger partial charge in [0.1, 0.15) is 11.5 Å². The van der Waals surface area contributed by atoms with Crippen molar-refractivity contribution < 1.29 is 14.0 Å². The highest BCUT2D eigenvalue weighted by atomic mass is 16.3. The van der Waals surface area contributed by atoms with Crippen LogP contribution in [-0.4, -0.2) is 36.5 Å². The molecule has 1 aliphatic heterocycles. The highest BCUT2D eigenvalue weighted by Crippen LogP contribution is 2.15. The Hall–Kier alpha value is -1.98. The number of hydrogen-bond donors (Lipinski definition) is 2. The van der Waals surface area contributed by atoms with Gasteiger partial charge in [-0.25, -0.2) is 4.79 Å². The molecule has 0 spiro atoms. The van der Waals surface area contributed by atoms with Crippen molar-refractivity contribution in [3.05, 3.63) is 23.7 Å². The molecule has 0 radical (unpaired) electrons. The minimum Gasteiger partial charge on any atom is -0.464 e. The van der Waals surface area contributed by atoms with E-state index >= 15 is 0 Å². The molecule has 1 atom stereocenters. The molecule has 3 amide bonds. The fourth-order valence-corrected chi connectivity index (χ4v) is 2.59. The van der Waals surface area contributed by atoms with Gasteiger partial charge in [0.25, 0.3) is 0 Å². The first-order valence-corrected chi connectivity index (χ1v) is 7.95. The molecule has 2 heterocycles. The van der Waals surface area contributed by atoms with Crippen molar-refractivity contribution >= 4 is 11.9 Å². The number of carbonyl (C=O) groups is 2. The number of urea groups is 1. The maximum atomic E-state index is 12.0. The van der Waals surface area contributed by atoms with Gasteiger partial charge in [0.15, 0.2) is 0 Å². The first kappa shape index (κ1) is 16.4. The Bertz CT molecular complexity index is 506. The summed E-state index contributed by atoms with van der Waals surface area (Å²) < 4.78 is 5.46. The Morgan fingerprint density at radius 2 is 2.00 bits per heavy atom. The first-order chi connectivity index (χ1) is 10.6. The Balaban J connectivity index is 1.66. The van der Waals surface area contributed by atoms with E-state index in [1.807, 2.05) is 30.9 Å². The Kier molecular flexibility index (Phi) is 5.86. The van der Waals surface area contributed by atoms with E-state index in [2.05, 4.69) is 10.6 Å². The van der Waals surface area contributed by atoms with Crippen LogP contribution in [0.25, 0.3) is 0 Å². The second-order valence-corrected chi connectivity index (χ2v) is 5.76. The number of furan rings is 1. The number of carbonyl (C=O) groups excluding carboxylic acids is 2. The summed E-state index contributed by atoms with van der Waals surface area (Å²) in [5.74, 6) is 1.66. The fraction of sp³-hybridized carbons (Fsp3) is 0.625. The van der Waals surface area contributed by atoms with Gasteiger partial charge in [0, 0.05) is 26.1 Å². The van der Waals surface area contributed by atoms with Gasteiger partial charge in [0.2, 0.25) is 5.91 Å². The van der Waals surface area contributed by atoms with Gasteiger partial charge in [-0.3, -0.25) is 4.79 Å². The van der Waals surface area contributed by atoms with Gasteiger partial charge in [-0.15, -0.1) is 0 Å². The Labute approximate surface area is 131 Å². The molecule has 2 N–H and O–H groups in total. The van der Waals surface area contributed by atoms with Crippen molar-refractivity contribution in [1.82, 2.24) is 15.5 Å². The molecule has 0 aromatic carbocycles. The van der Waals surface area contributed by atoms with Crippen LogP contribution in [0.15, 0.2) is 16.5 Å². The van der Waals surface area contributed by atoms with Gasteiger partial charge in [-0.1, -0.05) is 0 Å². The molecule has 1 saturated heterocycles. The standard InChI is InChI=1S/C16H25N3O3/c1-12-6-7-14(22-12)13(2)18-16(21)17-9-8-15(20)19-10-4-3-5-11-19/h6-7,13H,3-5,8-11H2,1-2H3,(H2,17,18,21). The van der Waals surface area contributed by atoms with Crippen LogP contribution in [0.2, 0.25) is 0 Å². The van der Waals surface area contributed by atoms with Gasteiger partial charge in [-0.2, -0.15) is 0 Å². The summed E-state index contributed by atoms with van der Waals surface area (Å²) in [5, 5.41) is 5.51. The van der Waals surface area contributed by atoms with Crippen LogP contribution in [-0.2, 0) is 4.79 Å². The molecule has 2 rings (SSSR count). The quantitative estimate of drug-likeness (QED) is 0.877. The summed E-state index contributed by atoms with van der Waals surface area (Å²) in [7, 11) is 0. The van der Waals surface area contributed by atoms with Crippen LogP contribution in [0.5, 0.6) is 0 Å². The third-order valence-electron chi connectivity index (χ3n) is 3.87. The van der Waals surface area contributed by atoms with Crippen LogP contribution in [0.3, 0.4) is 0 Å². The second kappa shape index (κ2) is 7.87. The van der Waals surface area contributed by atoms with Crippen LogP contribution in [0.1, 0.15) is 50.2 Å². The van der Waals surface area contributed by atoms with Crippen molar-refractivity contribution in [2.24, 2.45) is 0 Å². The monoisotopic (exact) mass is 307 g/mol. The normalized spacial score (nSPS) is 16.2. The number of piperidine rings is 1. The van der Waals surface area contributed by atoms with Crippen LogP contribution >= 0.6 is 0 Å². The highest BCUT2D eigenvalue weighted by Gasteiger charge is 2.17. The van der Waals surface area contributed by atoms with Gasteiger partial charge in [-0.05, 0) is 45.2 Å². The molecular weight excluding hydrogens is 282 g/mol. The maximum absolute atomic E-state index is 12.0. The number of likely N-dealkylation sites (tertiary alicyclic amines) is 1. The number of nitrogens with one attached hydrogen (secondary N) is 2. The molecule has 6 nitrogen and oxygen atoms in total. The van der Waals surface area contributed by atoms with Crippen molar-refractivity contribution in [1.29, 1.82) is 0 Å². The van der Waals surface area contributed by atoms with Gasteiger partial charge >= 0.3 is 6.03 Å². The van der Waals surface area contributed by atoms with Crippen LogP contribution in [0.4, 0.5) is 4.79 Å². The molecule has 0 bridgehead atoms. The van der Waals surface area contributed by atoms with E-state index in [1.165, 1.54) is 6.42 Å². The molecule has 22 heavy (non-hydrogen) atoms. The third kappa shape index (κ3) is 4.79. The SMILES string of the molecule is Cc1ccc(C(C)NC(=O)NCCC(=O)N2CCCCC2)o1. The smallest absolute Gasteiger partial charge is 0.315 e. The molecule has 6 heteroatoms. The summed E-state index contributed by atoms with van der Waals surface area (Å²) in [6, 6.07) is 3.22. The van der Waals surface area contributed by atoms with Crippen LogP contribution < -0.4 is 10.6 Å². The first-order valence-electron chi connectivity index (χ1n) is 7.95. The van der Waals surface area contributed by atoms with Crippen molar-refractivity contribution in [3.63, 3.8) is 0 Å². The zero-order chi connectivity index (χ0) is 15.9. The van der Waals surface area contributed by atoms with E-state index in [9.17, 15) is 9.59 Å². The Morgan fingerprint density at radius 1 is 1.27 bits per heavy atom. The molecule has 0 saturated carbocycles. The van der Waals surface area contributed by atoms with Crippen molar-refractivity contribution in [2.75, 3.05) is 19.6 Å². The third-order valence-corrected chi connectivity index (χ3v) is 3.87. The zero-order valence-electron chi connectivity index (χ0n) is 13.4. The summed E-state index contributed by atoms with van der Waals surface area (Å²) >= 11 is 0. The van der Waals surface area contributed by atoms with Gasteiger partial charge < -0.3 is 20.0 Å². The minimum absolute atomic E-state index is 0.120. The fourth-order valence-electron chi connectivity index (χ4n) is 2.59. The summed E-state index contributed by atoms with van der Waals surface area (Å²) in [6.07, 6.45) is 3.72. The molecule has 1 aliphatic rings. The molecule has 122 valence electrons. The second-order valence-electron chi connectivity index (χ2n) is 5.76. The highest BCUT2D eigenvalue weighted by molar-refractivity contribution is 5.78. The minimum atomic E-state index is -0.284. The summed E-state index contributed by atoms with van der Waals surface area (Å²) in [5.41, 5.74) is 0. The van der Waals surface area contributed by atoms with E-state index in [-0.39, 0.29) is 18.0 Å². The van der Waals surface area contributed by atoms with E-state index in [1.54, 1.807) is 0 Å². The van der Waals surface area contributed by atoms with Crippen LogP contribution in [0, 0.1) is 6.92 Å². The average molecular weight is 307 g/mol. The topological polar surface area (TPSA) is 74.6 Å². The number of nitrogens with zero attached hydrogens (tertiary/aromatic N) is 1. The largest absolute Gasteiger partial charge is 0.464 e. The molecule has 1 fully saturated rings. The van der Waals surface area contributed by atoms with Crippen molar-refractivity contribution in [3.8, 4) is 0 Å². The lowest BCUT2D eigenvalue weighted by Crippen LogP contribution is -2.40. The number of rotatable bonds is 5. The molecule has 0 aliphatic carbocycles. The lowest BCUT2D eigenvalue weighted by atomic mass is 10.1. The van der Waals surface area contributed by atoms with Crippen molar-refractivity contribution in [2.45, 2.75) is 45.6 Å². The van der Waals surface area contributed by atoms with E-state index in [0.29, 0.717) is 13.0 Å². The molecule has 1 aromatic rings. The lowest BCUT2D eigenvalue weighted by molar-refractivity contribution is -0.131. The van der Waals surface area contributed by atoms with E-state index in [0.717, 1.165) is 37.5 Å². The van der Waals surface area contributed by atoms with E-state index in [4.69, 9.17) is 4.42 Å². The average Bonchev–Trinajstić information content (AvgIpc) is 2.94. The number of hydrogen-bond acceptors (Lipinski definition) is 3. The summed E-state index contributed by atoms with van der Waals surface area (Å²) in [4.78, 5) is 25.7. The number of aryl methyl sites for hydroxylation is 1. The predicted octanol–water partition coefficient (Wildman–Crippen LogP) is 2.35. The van der Waals surface area contributed by atoms with Gasteiger partial charge in [0.05, 0.1) is 6.04 Å². The lowest BCUT2D eigenvalue weighted by Gasteiger charge is -2.26. The maximum Gasteiger partial charge on any atom is 0.315 e. The van der Waals surface area contributed by atoms with E-state index < -0.39 is 0 Å². The summed E-state index contributed by atoms with van der Waals surface area (Å²) in [6.45, 7) is 5.77. The molecule has 1 aromatic heterocycles. The number of amides is 3. The Morgan fingerprint density at radius 3 is 2.64 bits per heavy atom.